The minimum absolute atomic E-state index is 0.0798. The van der Waals surface area contributed by atoms with Crippen LogP contribution in [0, 0.1) is 6.92 Å². The number of nitrogens with two attached hydrogens (primary N) is 1. The molecule has 0 spiro atoms. The third-order valence-corrected chi connectivity index (χ3v) is 2.63. The van der Waals surface area contributed by atoms with E-state index in [0.717, 1.165) is 6.42 Å². The highest BCUT2D eigenvalue weighted by atomic mass is 19.4. The Labute approximate surface area is 93.5 Å². The van der Waals surface area contributed by atoms with E-state index in [1.54, 1.807) is 6.07 Å². The van der Waals surface area contributed by atoms with Gasteiger partial charge in [0.15, 0.2) is 0 Å². The van der Waals surface area contributed by atoms with Gasteiger partial charge >= 0.3 is 6.18 Å². The zero-order valence-corrected chi connectivity index (χ0v) is 9.43. The van der Waals surface area contributed by atoms with Crippen molar-refractivity contribution in [1.82, 2.24) is 0 Å². The average Bonchev–Trinajstić information content (AvgIpc) is 2.19. The first-order valence-electron chi connectivity index (χ1n) is 5.27. The van der Waals surface area contributed by atoms with Crippen LogP contribution in [0.25, 0.3) is 0 Å². The van der Waals surface area contributed by atoms with Gasteiger partial charge in [0.05, 0.1) is 5.56 Å². The van der Waals surface area contributed by atoms with E-state index in [2.05, 4.69) is 0 Å². The van der Waals surface area contributed by atoms with E-state index in [1.807, 2.05) is 6.92 Å². The van der Waals surface area contributed by atoms with Gasteiger partial charge in [0.1, 0.15) is 0 Å². The molecule has 0 heterocycles. The lowest BCUT2D eigenvalue weighted by molar-refractivity contribution is -0.138. The molecule has 0 fully saturated rings. The molecule has 1 rings (SSSR count). The van der Waals surface area contributed by atoms with Crippen LogP contribution in [0.2, 0.25) is 0 Å². The maximum absolute atomic E-state index is 12.6. The van der Waals surface area contributed by atoms with Crippen LogP contribution in [0.4, 0.5) is 13.2 Å². The van der Waals surface area contributed by atoms with Gasteiger partial charge in [-0.3, -0.25) is 0 Å². The van der Waals surface area contributed by atoms with E-state index in [0.29, 0.717) is 12.0 Å². The zero-order chi connectivity index (χ0) is 12.3. The van der Waals surface area contributed by atoms with Crippen molar-refractivity contribution in [3.63, 3.8) is 0 Å². The number of halogens is 3. The lowest BCUT2D eigenvalue weighted by atomic mass is 9.99. The highest BCUT2D eigenvalue weighted by Gasteiger charge is 2.32. The van der Waals surface area contributed by atoms with Gasteiger partial charge in [0, 0.05) is 6.04 Å². The van der Waals surface area contributed by atoms with Crippen molar-refractivity contribution in [3.8, 4) is 0 Å². The molecule has 2 N–H and O–H groups in total. The second-order valence-corrected chi connectivity index (χ2v) is 4.02. The maximum atomic E-state index is 12.6. The number of rotatable bonds is 3. The summed E-state index contributed by atoms with van der Waals surface area (Å²) >= 11 is 0. The van der Waals surface area contributed by atoms with Gasteiger partial charge < -0.3 is 5.73 Å². The number of hydrogen-bond acceptors (Lipinski definition) is 1. The fourth-order valence-corrected chi connectivity index (χ4v) is 1.55. The predicted molar refractivity (Wildman–Crippen MR) is 58.2 cm³/mol. The highest BCUT2D eigenvalue weighted by molar-refractivity contribution is 5.33. The molecule has 0 radical (unpaired) electrons. The van der Waals surface area contributed by atoms with E-state index in [9.17, 15) is 13.2 Å². The normalized spacial score (nSPS) is 13.9. The van der Waals surface area contributed by atoms with E-state index in [1.165, 1.54) is 19.1 Å². The van der Waals surface area contributed by atoms with Gasteiger partial charge in [-0.2, -0.15) is 13.2 Å². The minimum atomic E-state index is -4.28. The molecule has 1 nitrogen and oxygen atoms in total. The minimum Gasteiger partial charge on any atom is -0.327 e. The molecule has 0 saturated heterocycles. The Kier molecular flexibility index (Phi) is 3.97. The standard InChI is InChI=1S/C12H16F3N/c1-3-10(16)6-9-5-4-8(2)11(7-9)12(13,14)15/h4-5,7,10H,3,6,16H2,1-2H3. The van der Waals surface area contributed by atoms with Crippen LogP contribution in [0.5, 0.6) is 0 Å². The summed E-state index contributed by atoms with van der Waals surface area (Å²) in [6, 6.07) is 4.33. The van der Waals surface area contributed by atoms with Crippen molar-refractivity contribution in [2.45, 2.75) is 38.9 Å². The summed E-state index contributed by atoms with van der Waals surface area (Å²) in [4.78, 5) is 0. The van der Waals surface area contributed by atoms with Gasteiger partial charge in [-0.25, -0.2) is 0 Å². The number of hydrogen-bond donors (Lipinski definition) is 1. The van der Waals surface area contributed by atoms with E-state index in [4.69, 9.17) is 5.73 Å². The highest BCUT2D eigenvalue weighted by Crippen LogP contribution is 2.32. The molecule has 1 aromatic carbocycles. The van der Waals surface area contributed by atoms with Crippen molar-refractivity contribution in [1.29, 1.82) is 0 Å². The van der Waals surface area contributed by atoms with Crippen LogP contribution in [-0.2, 0) is 12.6 Å². The van der Waals surface area contributed by atoms with Gasteiger partial charge in [-0.05, 0) is 37.0 Å². The largest absolute Gasteiger partial charge is 0.416 e. The smallest absolute Gasteiger partial charge is 0.327 e. The van der Waals surface area contributed by atoms with Crippen molar-refractivity contribution in [2.24, 2.45) is 5.73 Å². The second-order valence-electron chi connectivity index (χ2n) is 4.02. The first-order valence-corrected chi connectivity index (χ1v) is 5.27. The van der Waals surface area contributed by atoms with Gasteiger partial charge in [-0.1, -0.05) is 19.1 Å². The maximum Gasteiger partial charge on any atom is 0.416 e. The third kappa shape index (κ3) is 3.23. The van der Waals surface area contributed by atoms with Gasteiger partial charge in [0.25, 0.3) is 0 Å². The molecule has 0 aliphatic carbocycles. The summed E-state index contributed by atoms with van der Waals surface area (Å²) in [6.07, 6.45) is -3.04. The van der Waals surface area contributed by atoms with Crippen LogP contribution in [0.1, 0.15) is 30.0 Å². The number of alkyl halides is 3. The number of benzene rings is 1. The predicted octanol–water partition coefficient (Wildman–Crippen LogP) is 3.29. The molecule has 1 unspecified atom stereocenters. The monoisotopic (exact) mass is 231 g/mol. The molecule has 1 atom stereocenters. The zero-order valence-electron chi connectivity index (χ0n) is 9.43. The molecule has 4 heteroatoms. The first kappa shape index (κ1) is 13.0. The van der Waals surface area contributed by atoms with Gasteiger partial charge in [-0.15, -0.1) is 0 Å². The van der Waals surface area contributed by atoms with Crippen LogP contribution in [-0.4, -0.2) is 6.04 Å². The van der Waals surface area contributed by atoms with Crippen molar-refractivity contribution in [3.05, 3.63) is 34.9 Å². The van der Waals surface area contributed by atoms with Crippen LogP contribution < -0.4 is 5.73 Å². The molecular weight excluding hydrogens is 215 g/mol. The van der Waals surface area contributed by atoms with E-state index in [-0.39, 0.29) is 11.6 Å². The summed E-state index contributed by atoms with van der Waals surface area (Å²) < 4.78 is 37.9. The number of aryl methyl sites for hydroxylation is 1. The second kappa shape index (κ2) is 4.87. The molecule has 0 bridgehead atoms. The molecule has 0 aromatic heterocycles. The summed E-state index contributed by atoms with van der Waals surface area (Å²) in [5.41, 5.74) is 6.06. The third-order valence-electron chi connectivity index (χ3n) is 2.63. The summed E-state index contributed by atoms with van der Waals surface area (Å²) in [5, 5.41) is 0. The van der Waals surface area contributed by atoms with Gasteiger partial charge in [0.2, 0.25) is 0 Å². The van der Waals surface area contributed by atoms with E-state index < -0.39 is 11.7 Å². The first-order chi connectivity index (χ1) is 7.34. The van der Waals surface area contributed by atoms with E-state index >= 15 is 0 Å². The molecule has 90 valence electrons. The molecular formula is C12H16F3N. The van der Waals surface area contributed by atoms with Crippen LogP contribution in [0.15, 0.2) is 18.2 Å². The SMILES string of the molecule is CCC(N)Cc1ccc(C)c(C(F)(F)F)c1. The fraction of sp³-hybridized carbons (Fsp3) is 0.500. The Morgan fingerprint density at radius 2 is 1.94 bits per heavy atom. The van der Waals surface area contributed by atoms with Crippen molar-refractivity contribution in [2.75, 3.05) is 0 Å². The molecule has 0 aliphatic heterocycles. The average molecular weight is 231 g/mol. The molecule has 1 aromatic rings. The Morgan fingerprint density at radius 1 is 1.31 bits per heavy atom. The molecule has 0 aliphatic rings. The lowest BCUT2D eigenvalue weighted by Crippen LogP contribution is -2.21. The Bertz CT molecular complexity index is 358. The fourth-order valence-electron chi connectivity index (χ4n) is 1.55. The Morgan fingerprint density at radius 3 is 2.44 bits per heavy atom. The van der Waals surface area contributed by atoms with Crippen LogP contribution in [0.3, 0.4) is 0 Å². The summed E-state index contributed by atoms with van der Waals surface area (Å²) in [5.74, 6) is 0. The lowest BCUT2D eigenvalue weighted by Gasteiger charge is -2.14. The summed E-state index contributed by atoms with van der Waals surface area (Å²) in [7, 11) is 0. The van der Waals surface area contributed by atoms with Crippen molar-refractivity contribution >= 4 is 0 Å². The van der Waals surface area contributed by atoms with Crippen molar-refractivity contribution < 1.29 is 13.2 Å². The molecule has 0 saturated carbocycles. The quantitative estimate of drug-likeness (QED) is 0.848. The molecule has 16 heavy (non-hydrogen) atoms. The topological polar surface area (TPSA) is 26.0 Å². The molecule has 0 amide bonds. The summed E-state index contributed by atoms with van der Waals surface area (Å²) in [6.45, 7) is 3.38. The van der Waals surface area contributed by atoms with Crippen LogP contribution >= 0.6 is 0 Å². The Balaban J connectivity index is 2.99. The Hall–Kier alpha value is -1.03.